The minimum atomic E-state index is -0.338. The molecule has 2 aromatic heterocycles. The molecule has 112 valence electrons. The number of aromatic nitrogens is 2. The highest BCUT2D eigenvalue weighted by Crippen LogP contribution is 2.23. The van der Waals surface area contributed by atoms with E-state index < -0.39 is 0 Å². The molecule has 1 N–H and O–H groups in total. The lowest BCUT2D eigenvalue weighted by molar-refractivity contribution is -0.391. The summed E-state index contributed by atoms with van der Waals surface area (Å²) in [5, 5.41) is 14.7. The Labute approximate surface area is 122 Å². The molecule has 1 aliphatic heterocycles. The third-order valence-electron chi connectivity index (χ3n) is 4.03. The van der Waals surface area contributed by atoms with Crippen molar-refractivity contribution in [3.63, 3.8) is 0 Å². The number of pyridine rings is 1. The first kappa shape index (κ1) is 14.0. The molecule has 1 saturated heterocycles. The van der Waals surface area contributed by atoms with Gasteiger partial charge < -0.3 is 15.4 Å². The number of rotatable bonds is 4. The van der Waals surface area contributed by atoms with Gasteiger partial charge in [-0.05, 0) is 37.4 Å². The van der Waals surface area contributed by atoms with Crippen molar-refractivity contribution < 1.29 is 4.92 Å². The van der Waals surface area contributed by atoms with Gasteiger partial charge in [0.25, 0.3) is 0 Å². The summed E-state index contributed by atoms with van der Waals surface area (Å²) in [7, 11) is 1.96. The number of nitrogens with zero attached hydrogens (tertiary/aromatic N) is 4. The zero-order chi connectivity index (χ0) is 14.8. The molecule has 0 amide bonds. The number of fused-ring (bicyclic) bond motifs is 1. The fourth-order valence-electron chi connectivity index (χ4n) is 2.98. The van der Waals surface area contributed by atoms with Crippen LogP contribution >= 0.6 is 0 Å². The molecule has 0 aliphatic carbocycles. The van der Waals surface area contributed by atoms with Gasteiger partial charge in [-0.25, -0.2) is 4.98 Å². The van der Waals surface area contributed by atoms with Gasteiger partial charge in [0.2, 0.25) is 5.65 Å². The number of likely N-dealkylation sites (tertiary alicyclic amines) is 1. The maximum atomic E-state index is 11.4. The third kappa shape index (κ3) is 2.74. The Morgan fingerprint density at radius 1 is 1.52 bits per heavy atom. The average molecular weight is 289 g/mol. The van der Waals surface area contributed by atoms with Crippen LogP contribution in [-0.2, 0) is 6.54 Å². The molecule has 0 saturated carbocycles. The molecule has 3 rings (SSSR count). The van der Waals surface area contributed by atoms with E-state index in [9.17, 15) is 10.1 Å². The SMILES string of the molecule is CNC1CCCN(Cc2nc3ccccn3c2[N+](=O)[O-])C1. The third-order valence-corrected chi connectivity index (χ3v) is 4.03. The van der Waals surface area contributed by atoms with Crippen LogP contribution in [0.4, 0.5) is 5.82 Å². The lowest BCUT2D eigenvalue weighted by Crippen LogP contribution is -2.44. The van der Waals surface area contributed by atoms with Gasteiger partial charge in [-0.3, -0.25) is 4.90 Å². The Morgan fingerprint density at radius 2 is 2.38 bits per heavy atom. The predicted octanol–water partition coefficient (Wildman–Crippen LogP) is 1.43. The van der Waals surface area contributed by atoms with Crippen LogP contribution in [0.5, 0.6) is 0 Å². The van der Waals surface area contributed by atoms with Crippen LogP contribution in [0.2, 0.25) is 0 Å². The van der Waals surface area contributed by atoms with Gasteiger partial charge in [0, 0.05) is 25.2 Å². The first-order valence-corrected chi connectivity index (χ1v) is 7.19. The highest BCUT2D eigenvalue weighted by molar-refractivity contribution is 5.48. The topological polar surface area (TPSA) is 75.7 Å². The van der Waals surface area contributed by atoms with Crippen LogP contribution in [0.15, 0.2) is 24.4 Å². The van der Waals surface area contributed by atoms with Gasteiger partial charge in [-0.2, -0.15) is 4.40 Å². The molecule has 7 nitrogen and oxygen atoms in total. The zero-order valence-electron chi connectivity index (χ0n) is 12.0. The van der Waals surface area contributed by atoms with E-state index in [0.717, 1.165) is 25.9 Å². The van der Waals surface area contributed by atoms with Crippen molar-refractivity contribution in [1.82, 2.24) is 19.6 Å². The second kappa shape index (κ2) is 5.79. The smallest absolute Gasteiger partial charge is 0.352 e. The second-order valence-corrected chi connectivity index (χ2v) is 5.43. The van der Waals surface area contributed by atoms with Gasteiger partial charge in [0.05, 0.1) is 6.20 Å². The van der Waals surface area contributed by atoms with Crippen molar-refractivity contribution in [2.75, 3.05) is 20.1 Å². The highest BCUT2D eigenvalue weighted by atomic mass is 16.6. The number of piperidine rings is 1. The Morgan fingerprint density at radius 3 is 3.14 bits per heavy atom. The van der Waals surface area contributed by atoms with E-state index in [-0.39, 0.29) is 10.7 Å². The normalized spacial score (nSPS) is 20.0. The number of likely N-dealkylation sites (N-methyl/N-ethyl adjacent to an activating group) is 1. The van der Waals surface area contributed by atoms with E-state index >= 15 is 0 Å². The first-order valence-electron chi connectivity index (χ1n) is 7.19. The quantitative estimate of drug-likeness (QED) is 0.680. The minimum absolute atomic E-state index is 0.0807. The molecule has 1 aliphatic rings. The van der Waals surface area contributed by atoms with E-state index in [1.165, 1.54) is 0 Å². The number of imidazole rings is 1. The number of nitro groups is 1. The van der Waals surface area contributed by atoms with Crippen molar-refractivity contribution >= 4 is 11.5 Å². The zero-order valence-corrected chi connectivity index (χ0v) is 12.0. The molecule has 1 unspecified atom stereocenters. The number of hydrogen-bond acceptors (Lipinski definition) is 5. The van der Waals surface area contributed by atoms with Crippen molar-refractivity contribution in [1.29, 1.82) is 0 Å². The molecule has 0 aromatic carbocycles. The van der Waals surface area contributed by atoms with Crippen molar-refractivity contribution in [2.45, 2.75) is 25.4 Å². The molecule has 0 bridgehead atoms. The van der Waals surface area contributed by atoms with Gasteiger partial charge in [-0.15, -0.1) is 0 Å². The summed E-state index contributed by atoms with van der Waals surface area (Å²) in [4.78, 5) is 17.7. The van der Waals surface area contributed by atoms with Crippen LogP contribution in [0.3, 0.4) is 0 Å². The molecule has 7 heteroatoms. The average Bonchev–Trinajstić information content (AvgIpc) is 2.85. The lowest BCUT2D eigenvalue weighted by Gasteiger charge is -2.31. The van der Waals surface area contributed by atoms with E-state index in [1.807, 2.05) is 13.1 Å². The summed E-state index contributed by atoms with van der Waals surface area (Å²) in [6.07, 6.45) is 3.95. The standard InChI is InChI=1S/C14H19N5O2/c1-15-11-5-4-7-17(9-11)10-12-14(19(20)21)18-8-3-2-6-13(18)16-12/h2-3,6,8,11,15H,4-5,7,9-10H2,1H3. The van der Waals surface area contributed by atoms with Crippen LogP contribution < -0.4 is 5.32 Å². The van der Waals surface area contributed by atoms with E-state index in [2.05, 4.69) is 15.2 Å². The van der Waals surface area contributed by atoms with Crippen molar-refractivity contribution in [2.24, 2.45) is 0 Å². The van der Waals surface area contributed by atoms with E-state index in [1.54, 1.807) is 22.7 Å². The molecule has 21 heavy (non-hydrogen) atoms. The van der Waals surface area contributed by atoms with Crippen LogP contribution in [0.1, 0.15) is 18.5 Å². The molecule has 1 fully saturated rings. The molecule has 1 atom stereocenters. The maximum absolute atomic E-state index is 11.4. The Bertz CT molecular complexity index is 654. The highest BCUT2D eigenvalue weighted by Gasteiger charge is 2.26. The molecule has 2 aromatic rings. The molecular weight excluding hydrogens is 270 g/mol. The van der Waals surface area contributed by atoms with Gasteiger partial charge >= 0.3 is 5.82 Å². The first-order chi connectivity index (χ1) is 10.2. The van der Waals surface area contributed by atoms with Gasteiger partial charge in [-0.1, -0.05) is 6.07 Å². The molecular formula is C14H19N5O2. The fraction of sp³-hybridized carbons (Fsp3) is 0.500. The summed E-state index contributed by atoms with van der Waals surface area (Å²) in [5.74, 6) is 0.0807. The summed E-state index contributed by atoms with van der Waals surface area (Å²) in [6, 6.07) is 5.87. The van der Waals surface area contributed by atoms with Crippen molar-refractivity contribution in [3.8, 4) is 0 Å². The largest absolute Gasteiger partial charge is 0.358 e. The van der Waals surface area contributed by atoms with Gasteiger partial charge in [0.15, 0.2) is 5.69 Å². The maximum Gasteiger partial charge on any atom is 0.352 e. The van der Waals surface area contributed by atoms with Crippen molar-refractivity contribution in [3.05, 3.63) is 40.2 Å². The predicted molar refractivity (Wildman–Crippen MR) is 79.2 cm³/mol. The van der Waals surface area contributed by atoms with Crippen LogP contribution in [0, 0.1) is 10.1 Å². The fourth-order valence-corrected chi connectivity index (χ4v) is 2.98. The molecule has 0 spiro atoms. The Hall–Kier alpha value is -1.99. The van der Waals surface area contributed by atoms with Crippen LogP contribution in [0.25, 0.3) is 5.65 Å². The molecule has 3 heterocycles. The van der Waals surface area contributed by atoms with E-state index in [4.69, 9.17) is 0 Å². The Kier molecular flexibility index (Phi) is 3.85. The molecule has 0 radical (unpaired) electrons. The summed E-state index contributed by atoms with van der Waals surface area (Å²) < 4.78 is 1.55. The number of nitrogens with one attached hydrogen (secondary N) is 1. The minimum Gasteiger partial charge on any atom is -0.358 e. The van der Waals surface area contributed by atoms with Gasteiger partial charge in [0.1, 0.15) is 0 Å². The monoisotopic (exact) mass is 289 g/mol. The summed E-state index contributed by atoms with van der Waals surface area (Å²) >= 11 is 0. The lowest BCUT2D eigenvalue weighted by atomic mass is 10.1. The van der Waals surface area contributed by atoms with E-state index in [0.29, 0.717) is 23.9 Å². The van der Waals surface area contributed by atoms with Crippen LogP contribution in [-0.4, -0.2) is 45.4 Å². The second-order valence-electron chi connectivity index (χ2n) is 5.43. The summed E-state index contributed by atoms with van der Waals surface area (Å²) in [6.45, 7) is 2.39. The number of hydrogen-bond donors (Lipinski definition) is 1. The Balaban J connectivity index is 1.89. The summed E-state index contributed by atoms with van der Waals surface area (Å²) in [5.41, 5.74) is 1.17.